The molecule has 4 heterocycles. The first kappa shape index (κ1) is 27.0. The Kier molecular flexibility index (Phi) is 8.75. The zero-order valence-electron chi connectivity index (χ0n) is 20.6. The van der Waals surface area contributed by atoms with E-state index in [4.69, 9.17) is 21.2 Å². The van der Waals surface area contributed by atoms with Crippen LogP contribution in [0.3, 0.4) is 0 Å². The van der Waals surface area contributed by atoms with Crippen molar-refractivity contribution in [1.29, 1.82) is 0 Å². The number of thiophene rings is 1. The van der Waals surface area contributed by atoms with Crippen LogP contribution < -0.4 is 10.6 Å². The molecule has 0 bridgehead atoms. The summed E-state index contributed by atoms with van der Waals surface area (Å²) >= 11 is 7.37. The van der Waals surface area contributed by atoms with Gasteiger partial charge in [0.05, 0.1) is 28.8 Å². The third-order valence-electron chi connectivity index (χ3n) is 6.14. The average molecular weight is 549 g/mol. The van der Waals surface area contributed by atoms with Crippen LogP contribution in [0.2, 0.25) is 4.34 Å². The summed E-state index contributed by atoms with van der Waals surface area (Å²) in [6.45, 7) is 5.64. The van der Waals surface area contributed by atoms with Gasteiger partial charge in [-0.3, -0.25) is 24.4 Å². The lowest BCUT2D eigenvalue weighted by molar-refractivity contribution is -0.135. The van der Waals surface area contributed by atoms with Crippen LogP contribution in [0.4, 0.5) is 0 Å². The zero-order valence-corrected chi connectivity index (χ0v) is 22.1. The van der Waals surface area contributed by atoms with Gasteiger partial charge in [0.15, 0.2) is 11.5 Å². The van der Waals surface area contributed by atoms with E-state index >= 15 is 0 Å². The van der Waals surface area contributed by atoms with Crippen LogP contribution >= 0.6 is 22.9 Å². The molecule has 1 aliphatic heterocycles. The van der Waals surface area contributed by atoms with E-state index in [9.17, 15) is 14.4 Å². The topological polar surface area (TPSA) is 143 Å². The van der Waals surface area contributed by atoms with Gasteiger partial charge in [0, 0.05) is 37.3 Å². The fourth-order valence-electron chi connectivity index (χ4n) is 4.15. The number of hydrogen-bond acceptors (Lipinski definition) is 9. The fourth-order valence-corrected chi connectivity index (χ4v) is 5.14. The molecular weight excluding hydrogens is 520 g/mol. The number of carbonyl (C=O) groups excluding carboxylic acids is 2. The number of aliphatic carboxylic acids is 1. The molecule has 3 aromatic rings. The SMILES string of the molecule is CC(C)N1CCC(NC(=O)c2cc(C(=O)CNCC(=O)O)nn2Cc2cc(-c3ccc(Cl)s3)on2)CC1. The number of likely N-dealkylation sites (tertiary alicyclic amines) is 1. The first-order valence-electron chi connectivity index (χ1n) is 12.0. The van der Waals surface area contributed by atoms with Crippen LogP contribution in [0.1, 0.15) is 53.4 Å². The lowest BCUT2D eigenvalue weighted by Gasteiger charge is -2.34. The van der Waals surface area contributed by atoms with Gasteiger partial charge in [0.2, 0.25) is 0 Å². The summed E-state index contributed by atoms with van der Waals surface area (Å²) in [5.74, 6) is -1.29. The highest BCUT2D eigenvalue weighted by Crippen LogP contribution is 2.31. The number of carboxylic acid groups (broad SMARTS) is 1. The molecule has 198 valence electrons. The highest BCUT2D eigenvalue weighted by molar-refractivity contribution is 7.19. The molecular formula is C24H29ClN6O5S. The molecule has 0 saturated carbocycles. The molecule has 1 saturated heterocycles. The van der Waals surface area contributed by atoms with Crippen molar-refractivity contribution in [3.63, 3.8) is 0 Å². The Morgan fingerprint density at radius 2 is 1.97 bits per heavy atom. The Morgan fingerprint density at radius 1 is 1.22 bits per heavy atom. The smallest absolute Gasteiger partial charge is 0.317 e. The van der Waals surface area contributed by atoms with Crippen LogP contribution in [0.5, 0.6) is 0 Å². The summed E-state index contributed by atoms with van der Waals surface area (Å²) < 4.78 is 7.49. The van der Waals surface area contributed by atoms with E-state index in [2.05, 4.69) is 39.6 Å². The fraction of sp³-hybridized carbons (Fsp3) is 0.458. The Bertz CT molecular complexity index is 1260. The number of nitrogens with zero attached hydrogens (tertiary/aromatic N) is 4. The highest BCUT2D eigenvalue weighted by atomic mass is 35.5. The van der Waals surface area contributed by atoms with E-state index in [1.54, 1.807) is 12.1 Å². The largest absolute Gasteiger partial charge is 0.480 e. The van der Waals surface area contributed by atoms with Crippen molar-refractivity contribution >= 4 is 40.6 Å². The lowest BCUT2D eigenvalue weighted by atomic mass is 10.0. The van der Waals surface area contributed by atoms with Gasteiger partial charge >= 0.3 is 5.97 Å². The molecule has 0 aromatic carbocycles. The highest BCUT2D eigenvalue weighted by Gasteiger charge is 2.26. The minimum Gasteiger partial charge on any atom is -0.480 e. The Morgan fingerprint density at radius 3 is 2.62 bits per heavy atom. The third-order valence-corrected chi connectivity index (χ3v) is 7.39. The predicted molar refractivity (Wildman–Crippen MR) is 138 cm³/mol. The maximum Gasteiger partial charge on any atom is 0.317 e. The molecule has 13 heteroatoms. The summed E-state index contributed by atoms with van der Waals surface area (Å²) in [5.41, 5.74) is 0.799. The molecule has 1 fully saturated rings. The van der Waals surface area contributed by atoms with E-state index in [1.807, 2.05) is 6.07 Å². The Hall–Kier alpha value is -3.06. The van der Waals surface area contributed by atoms with Crippen molar-refractivity contribution in [2.45, 2.75) is 45.3 Å². The van der Waals surface area contributed by atoms with Crippen molar-refractivity contribution < 1.29 is 24.0 Å². The van der Waals surface area contributed by atoms with Gasteiger partial charge in [-0.2, -0.15) is 5.10 Å². The molecule has 4 rings (SSSR count). The normalized spacial score (nSPS) is 14.8. The molecule has 1 aliphatic rings. The number of carbonyl (C=O) groups is 3. The van der Waals surface area contributed by atoms with Crippen molar-refractivity contribution in [2.24, 2.45) is 0 Å². The standard InChI is InChI=1S/C24H29ClN6O5S/c1-14(2)30-7-5-15(6-8-30)27-24(35)18-10-17(19(32)11-26-12-23(33)34)28-31(18)13-16-9-20(36-29-16)21-3-4-22(25)37-21/h3-4,9-10,14-15,26H,5-8,11-13H2,1-2H3,(H,27,35)(H,33,34). The van der Waals surface area contributed by atoms with Crippen molar-refractivity contribution in [2.75, 3.05) is 26.2 Å². The first-order valence-corrected chi connectivity index (χ1v) is 13.2. The predicted octanol–water partition coefficient (Wildman–Crippen LogP) is 2.76. The molecule has 3 N–H and O–H groups in total. The average Bonchev–Trinajstić information content (AvgIpc) is 3.59. The monoisotopic (exact) mass is 548 g/mol. The van der Waals surface area contributed by atoms with Crippen molar-refractivity contribution in [3.05, 3.63) is 45.7 Å². The minimum absolute atomic E-state index is 0.0180. The van der Waals surface area contributed by atoms with Crippen LogP contribution in [-0.2, 0) is 11.3 Å². The van der Waals surface area contributed by atoms with Gasteiger partial charge in [-0.1, -0.05) is 16.8 Å². The quantitative estimate of drug-likeness (QED) is 0.308. The Balaban J connectivity index is 1.51. The van der Waals surface area contributed by atoms with Crippen molar-refractivity contribution in [1.82, 2.24) is 30.5 Å². The van der Waals surface area contributed by atoms with Crippen LogP contribution in [0.15, 0.2) is 28.8 Å². The maximum atomic E-state index is 13.3. The third kappa shape index (κ3) is 7.04. The van der Waals surface area contributed by atoms with Gasteiger partial charge in [-0.05, 0) is 38.8 Å². The molecule has 3 aromatic heterocycles. The van der Waals surface area contributed by atoms with E-state index < -0.39 is 11.8 Å². The van der Waals surface area contributed by atoms with Gasteiger partial charge in [0.25, 0.3) is 5.91 Å². The van der Waals surface area contributed by atoms with E-state index in [0.29, 0.717) is 21.8 Å². The van der Waals surface area contributed by atoms with E-state index in [0.717, 1.165) is 30.8 Å². The number of nitrogens with one attached hydrogen (secondary N) is 2. The van der Waals surface area contributed by atoms with Gasteiger partial charge < -0.3 is 19.8 Å². The number of aromatic nitrogens is 3. The zero-order chi connectivity index (χ0) is 26.5. The summed E-state index contributed by atoms with van der Waals surface area (Å²) in [6, 6.07) is 7.24. The molecule has 0 spiro atoms. The molecule has 0 unspecified atom stereocenters. The summed E-state index contributed by atoms with van der Waals surface area (Å²) in [7, 11) is 0. The number of halogens is 1. The summed E-state index contributed by atoms with van der Waals surface area (Å²) in [5, 5.41) is 22.9. The number of amides is 1. The van der Waals surface area contributed by atoms with Gasteiger partial charge in [-0.25, -0.2) is 0 Å². The molecule has 11 nitrogen and oxygen atoms in total. The van der Waals surface area contributed by atoms with Gasteiger partial charge in [0.1, 0.15) is 17.1 Å². The van der Waals surface area contributed by atoms with Crippen LogP contribution in [0.25, 0.3) is 10.6 Å². The number of hydrogen-bond donors (Lipinski definition) is 3. The minimum atomic E-state index is -1.07. The second kappa shape index (κ2) is 12.0. The number of rotatable bonds is 11. The number of carboxylic acids is 1. The Labute approximate surface area is 222 Å². The van der Waals surface area contributed by atoms with Crippen LogP contribution in [-0.4, -0.2) is 80.9 Å². The lowest BCUT2D eigenvalue weighted by Crippen LogP contribution is -2.46. The number of piperidine rings is 1. The molecule has 0 aliphatic carbocycles. The number of ketones is 1. The molecule has 37 heavy (non-hydrogen) atoms. The number of Topliss-reactive ketones (excluding diaryl/α,β-unsaturated/α-hetero) is 1. The van der Waals surface area contributed by atoms with Crippen molar-refractivity contribution in [3.8, 4) is 10.6 Å². The molecule has 1 amide bonds. The second-order valence-corrected chi connectivity index (χ2v) is 10.9. The first-order chi connectivity index (χ1) is 17.7. The van der Waals surface area contributed by atoms with Gasteiger partial charge in [-0.15, -0.1) is 11.3 Å². The summed E-state index contributed by atoms with van der Waals surface area (Å²) in [4.78, 5) is 39.8. The van der Waals surface area contributed by atoms with E-state index in [-0.39, 0.29) is 43.0 Å². The van der Waals surface area contributed by atoms with Crippen LogP contribution in [0, 0.1) is 0 Å². The van der Waals surface area contributed by atoms with E-state index in [1.165, 1.54) is 22.1 Å². The maximum absolute atomic E-state index is 13.3. The summed E-state index contributed by atoms with van der Waals surface area (Å²) in [6.07, 6.45) is 1.66. The molecule has 0 atom stereocenters. The molecule has 0 radical (unpaired) electrons. The second-order valence-electron chi connectivity index (χ2n) is 9.16.